The molecule has 0 aromatic heterocycles. The van der Waals surface area contributed by atoms with Gasteiger partial charge in [0.25, 0.3) is 0 Å². The average molecular weight is 230 g/mol. The molecule has 0 heterocycles. The summed E-state index contributed by atoms with van der Waals surface area (Å²) in [7, 11) is 0. The van der Waals surface area contributed by atoms with Crippen LogP contribution in [0.3, 0.4) is 0 Å². The van der Waals surface area contributed by atoms with E-state index in [2.05, 4.69) is 0 Å². The Bertz CT molecular complexity index is 498. The Morgan fingerprint density at radius 2 is 1.18 bits per heavy atom. The Morgan fingerprint density at radius 3 is 1.53 bits per heavy atom. The third kappa shape index (κ3) is 2.50. The van der Waals surface area contributed by atoms with E-state index in [1.165, 1.54) is 0 Å². The van der Waals surface area contributed by atoms with Crippen LogP contribution in [-0.4, -0.2) is 10.2 Å². The lowest BCUT2D eigenvalue weighted by Crippen LogP contribution is -1.86. The fourth-order valence-corrected chi connectivity index (χ4v) is 1.52. The summed E-state index contributed by atoms with van der Waals surface area (Å²) in [5.41, 5.74) is 1.52. The van der Waals surface area contributed by atoms with Crippen LogP contribution in [0.4, 0.5) is 0 Å². The zero-order chi connectivity index (χ0) is 12.4. The minimum absolute atomic E-state index is 0.249. The molecule has 0 spiro atoms. The predicted molar refractivity (Wildman–Crippen MR) is 65.8 cm³/mol. The molecular weight excluding hydrogens is 216 g/mol. The summed E-state index contributed by atoms with van der Waals surface area (Å²) in [4.78, 5) is 0. The number of aromatic hydroxyl groups is 2. The first-order chi connectivity index (χ1) is 8.06. The van der Waals surface area contributed by atoms with E-state index in [9.17, 15) is 10.2 Å². The molecule has 2 rings (SSSR count). The van der Waals surface area contributed by atoms with Gasteiger partial charge in [0.1, 0.15) is 23.0 Å². The maximum atomic E-state index is 9.40. The van der Waals surface area contributed by atoms with Gasteiger partial charge in [-0.25, -0.2) is 0 Å². The van der Waals surface area contributed by atoms with Crippen molar-refractivity contribution in [3.63, 3.8) is 0 Å². The highest BCUT2D eigenvalue weighted by atomic mass is 16.5. The number of aryl methyl sites for hydroxylation is 2. The molecule has 0 atom stereocenters. The first kappa shape index (κ1) is 11.3. The van der Waals surface area contributed by atoms with E-state index in [4.69, 9.17) is 4.74 Å². The quantitative estimate of drug-likeness (QED) is 0.830. The van der Waals surface area contributed by atoms with Crippen molar-refractivity contribution in [2.45, 2.75) is 13.8 Å². The monoisotopic (exact) mass is 230 g/mol. The van der Waals surface area contributed by atoms with Crippen molar-refractivity contribution < 1.29 is 14.9 Å². The van der Waals surface area contributed by atoms with E-state index < -0.39 is 0 Å². The van der Waals surface area contributed by atoms with Gasteiger partial charge in [-0.05, 0) is 61.4 Å². The van der Waals surface area contributed by atoms with E-state index in [-0.39, 0.29) is 11.5 Å². The maximum Gasteiger partial charge on any atom is 0.127 e. The van der Waals surface area contributed by atoms with Crippen LogP contribution in [0, 0.1) is 13.8 Å². The molecule has 2 N–H and O–H groups in total. The second kappa shape index (κ2) is 4.37. The molecule has 0 unspecified atom stereocenters. The van der Waals surface area contributed by atoms with Crippen molar-refractivity contribution in [1.82, 2.24) is 0 Å². The molecule has 0 radical (unpaired) electrons. The molecule has 0 aliphatic rings. The van der Waals surface area contributed by atoms with Crippen molar-refractivity contribution in [2.75, 3.05) is 0 Å². The lowest BCUT2D eigenvalue weighted by Gasteiger charge is -2.08. The van der Waals surface area contributed by atoms with Crippen LogP contribution in [0.2, 0.25) is 0 Å². The Hall–Kier alpha value is -2.16. The fourth-order valence-electron chi connectivity index (χ4n) is 1.52. The van der Waals surface area contributed by atoms with E-state index in [0.29, 0.717) is 11.5 Å². The highest BCUT2D eigenvalue weighted by molar-refractivity contribution is 5.43. The van der Waals surface area contributed by atoms with Crippen molar-refractivity contribution in [3.8, 4) is 23.0 Å². The van der Waals surface area contributed by atoms with Crippen molar-refractivity contribution in [2.24, 2.45) is 0 Å². The van der Waals surface area contributed by atoms with E-state index in [0.717, 1.165) is 11.1 Å². The Labute approximate surface area is 99.9 Å². The normalized spacial score (nSPS) is 10.2. The van der Waals surface area contributed by atoms with Crippen molar-refractivity contribution in [3.05, 3.63) is 47.5 Å². The maximum absolute atomic E-state index is 9.40. The molecule has 3 nitrogen and oxygen atoms in total. The fraction of sp³-hybridized carbons (Fsp3) is 0.143. The van der Waals surface area contributed by atoms with Crippen LogP contribution in [0.1, 0.15) is 11.1 Å². The van der Waals surface area contributed by atoms with Gasteiger partial charge in [-0.3, -0.25) is 0 Å². The summed E-state index contributed by atoms with van der Waals surface area (Å²) in [5, 5.41) is 18.8. The lowest BCUT2D eigenvalue weighted by molar-refractivity contribution is 0.455. The van der Waals surface area contributed by atoms with Crippen LogP contribution in [-0.2, 0) is 0 Å². The summed E-state index contributed by atoms with van der Waals surface area (Å²) in [6.45, 7) is 3.62. The molecule has 17 heavy (non-hydrogen) atoms. The molecule has 0 fully saturated rings. The number of hydrogen-bond acceptors (Lipinski definition) is 3. The highest BCUT2D eigenvalue weighted by Gasteiger charge is 2.02. The molecule has 0 bridgehead atoms. The number of ether oxygens (including phenoxy) is 1. The summed E-state index contributed by atoms with van der Waals surface area (Å²) in [6.07, 6.45) is 0. The predicted octanol–water partition coefficient (Wildman–Crippen LogP) is 3.51. The van der Waals surface area contributed by atoms with Crippen LogP contribution >= 0.6 is 0 Å². The summed E-state index contributed by atoms with van der Waals surface area (Å²) >= 11 is 0. The first-order valence-electron chi connectivity index (χ1n) is 5.33. The molecule has 3 heteroatoms. The smallest absolute Gasteiger partial charge is 0.127 e. The molecule has 0 aliphatic carbocycles. The molecule has 0 aliphatic heterocycles. The zero-order valence-corrected chi connectivity index (χ0v) is 9.77. The van der Waals surface area contributed by atoms with Gasteiger partial charge in [0.15, 0.2) is 0 Å². The molecule has 2 aromatic carbocycles. The lowest BCUT2D eigenvalue weighted by atomic mass is 10.2. The number of benzene rings is 2. The van der Waals surface area contributed by atoms with Crippen LogP contribution < -0.4 is 4.74 Å². The van der Waals surface area contributed by atoms with E-state index in [1.54, 1.807) is 36.4 Å². The third-order valence-electron chi connectivity index (χ3n) is 2.57. The molecule has 2 aromatic rings. The largest absolute Gasteiger partial charge is 0.508 e. The van der Waals surface area contributed by atoms with Gasteiger partial charge in [-0.2, -0.15) is 0 Å². The number of rotatable bonds is 2. The number of hydrogen-bond donors (Lipinski definition) is 2. The van der Waals surface area contributed by atoms with Gasteiger partial charge in [0.05, 0.1) is 0 Å². The average Bonchev–Trinajstić information content (AvgIpc) is 2.29. The standard InChI is InChI=1S/C14H14O3/c1-9-7-11(3-5-13(9)15)17-12-4-6-14(16)10(2)8-12/h3-8,15-16H,1-2H3. The van der Waals surface area contributed by atoms with Gasteiger partial charge in [0.2, 0.25) is 0 Å². The van der Waals surface area contributed by atoms with E-state index >= 15 is 0 Å². The van der Waals surface area contributed by atoms with Crippen LogP contribution in [0.25, 0.3) is 0 Å². The second-order valence-electron chi connectivity index (χ2n) is 4.00. The minimum atomic E-state index is 0.249. The molecule has 0 saturated carbocycles. The summed E-state index contributed by atoms with van der Waals surface area (Å²) < 4.78 is 5.63. The number of phenols is 2. The van der Waals surface area contributed by atoms with Crippen LogP contribution in [0.5, 0.6) is 23.0 Å². The highest BCUT2D eigenvalue weighted by Crippen LogP contribution is 2.28. The Balaban J connectivity index is 2.25. The van der Waals surface area contributed by atoms with Gasteiger partial charge >= 0.3 is 0 Å². The van der Waals surface area contributed by atoms with Gasteiger partial charge in [-0.1, -0.05) is 0 Å². The Kier molecular flexibility index (Phi) is 2.91. The van der Waals surface area contributed by atoms with Gasteiger partial charge in [-0.15, -0.1) is 0 Å². The molecule has 0 saturated heterocycles. The van der Waals surface area contributed by atoms with E-state index in [1.807, 2.05) is 13.8 Å². The van der Waals surface area contributed by atoms with Crippen LogP contribution in [0.15, 0.2) is 36.4 Å². The van der Waals surface area contributed by atoms with Crippen molar-refractivity contribution in [1.29, 1.82) is 0 Å². The number of phenolic OH excluding ortho intramolecular Hbond substituents is 2. The summed E-state index contributed by atoms with van der Waals surface area (Å²) in [6, 6.07) is 10.1. The SMILES string of the molecule is Cc1cc(Oc2ccc(O)c(C)c2)ccc1O. The summed E-state index contributed by atoms with van der Waals surface area (Å²) in [5.74, 6) is 1.81. The zero-order valence-electron chi connectivity index (χ0n) is 9.77. The molecule has 88 valence electrons. The first-order valence-corrected chi connectivity index (χ1v) is 5.33. The van der Waals surface area contributed by atoms with Gasteiger partial charge in [0, 0.05) is 0 Å². The minimum Gasteiger partial charge on any atom is -0.508 e. The molecular formula is C14H14O3. The Morgan fingerprint density at radius 1 is 0.765 bits per heavy atom. The second-order valence-corrected chi connectivity index (χ2v) is 4.00. The molecule has 0 amide bonds. The van der Waals surface area contributed by atoms with Crippen molar-refractivity contribution >= 4 is 0 Å². The van der Waals surface area contributed by atoms with Gasteiger partial charge < -0.3 is 14.9 Å². The third-order valence-corrected chi connectivity index (χ3v) is 2.57. The topological polar surface area (TPSA) is 49.7 Å².